The molecule has 2 aliphatic carbocycles. The zero-order valence-electron chi connectivity index (χ0n) is 10.8. The van der Waals surface area contributed by atoms with Crippen LogP contribution in [0.25, 0.3) is 6.08 Å². The summed E-state index contributed by atoms with van der Waals surface area (Å²) in [5, 5.41) is 0. The first-order valence-corrected chi connectivity index (χ1v) is 5.99. The number of benzene rings is 1. The standard InChI is InChI=1S/C16H16.2ClH.Zr/c1-12(13-6-2-3-7-13)15-11-10-14-8-4-5-9-16(14)15;;;/h2-6,8-12,15H,7H2,1H3;2*1H;/q;;;+2/p-2. The number of fused-ring (bicyclic) bond motifs is 1. The van der Waals surface area contributed by atoms with E-state index in [0.29, 0.717) is 11.8 Å². The van der Waals surface area contributed by atoms with Crippen molar-refractivity contribution in [2.45, 2.75) is 19.3 Å². The molecule has 3 heteroatoms. The fourth-order valence-electron chi connectivity index (χ4n) is 2.75. The maximum absolute atomic E-state index is 2.36. The second-order valence-corrected chi connectivity index (χ2v) is 4.68. The monoisotopic (exact) mass is 368 g/mol. The molecule has 3 rings (SSSR count). The zero-order chi connectivity index (χ0) is 11.0. The third kappa shape index (κ3) is 3.72. The van der Waals surface area contributed by atoms with Crippen LogP contribution in [0.15, 0.2) is 54.1 Å². The van der Waals surface area contributed by atoms with E-state index in [9.17, 15) is 0 Å². The third-order valence-corrected chi connectivity index (χ3v) is 3.76. The molecule has 0 aromatic heterocycles. The van der Waals surface area contributed by atoms with Gasteiger partial charge in [0, 0.05) is 5.92 Å². The Balaban J connectivity index is 0.00000108. The molecule has 0 aliphatic heterocycles. The average Bonchev–Trinajstić information content (AvgIpc) is 2.98. The molecule has 1 aromatic carbocycles. The van der Waals surface area contributed by atoms with Crippen LogP contribution < -0.4 is 24.8 Å². The molecule has 0 N–H and O–H groups in total. The second kappa shape index (κ2) is 8.25. The van der Waals surface area contributed by atoms with Crippen molar-refractivity contribution in [3.8, 4) is 0 Å². The van der Waals surface area contributed by atoms with Gasteiger partial charge in [-0.2, -0.15) is 0 Å². The van der Waals surface area contributed by atoms with Crippen LogP contribution in [0.4, 0.5) is 0 Å². The van der Waals surface area contributed by atoms with Crippen LogP contribution in [0.5, 0.6) is 0 Å². The van der Waals surface area contributed by atoms with Crippen molar-refractivity contribution >= 4 is 6.08 Å². The normalized spacial score (nSPS) is 19.6. The molecule has 0 saturated carbocycles. The summed E-state index contributed by atoms with van der Waals surface area (Å²) in [7, 11) is 0. The fourth-order valence-corrected chi connectivity index (χ4v) is 2.75. The van der Waals surface area contributed by atoms with Gasteiger partial charge >= 0.3 is 26.2 Å². The molecule has 0 amide bonds. The van der Waals surface area contributed by atoms with Gasteiger partial charge in [-0.15, -0.1) is 0 Å². The van der Waals surface area contributed by atoms with Crippen LogP contribution in [0.2, 0.25) is 0 Å². The Labute approximate surface area is 147 Å². The summed E-state index contributed by atoms with van der Waals surface area (Å²) in [5.41, 5.74) is 4.44. The van der Waals surface area contributed by atoms with Crippen molar-refractivity contribution in [3.63, 3.8) is 0 Å². The molecule has 2 aliphatic rings. The molecule has 0 bridgehead atoms. The van der Waals surface area contributed by atoms with E-state index < -0.39 is 0 Å². The summed E-state index contributed by atoms with van der Waals surface area (Å²) in [4.78, 5) is 0. The predicted octanol–water partition coefficient (Wildman–Crippen LogP) is -1.68. The van der Waals surface area contributed by atoms with E-state index in [1.807, 2.05) is 0 Å². The SMILES string of the molecule is CC(C1=CC=CC1)C1C=Cc2ccccc21.[Cl-].[Cl-].[Zr+2]. The first-order valence-electron chi connectivity index (χ1n) is 5.99. The first-order chi connectivity index (χ1) is 7.86. The Morgan fingerprint density at radius 2 is 1.89 bits per heavy atom. The van der Waals surface area contributed by atoms with Crippen LogP contribution in [-0.4, -0.2) is 0 Å². The molecule has 0 nitrogen and oxygen atoms in total. The van der Waals surface area contributed by atoms with E-state index in [-0.39, 0.29) is 51.0 Å². The summed E-state index contributed by atoms with van der Waals surface area (Å²) in [6.07, 6.45) is 12.5. The van der Waals surface area contributed by atoms with Crippen molar-refractivity contribution in [1.82, 2.24) is 0 Å². The average molecular weight is 370 g/mol. The molecule has 19 heavy (non-hydrogen) atoms. The third-order valence-electron chi connectivity index (χ3n) is 3.76. The second-order valence-electron chi connectivity index (χ2n) is 4.68. The van der Waals surface area contributed by atoms with Crippen LogP contribution in [0.1, 0.15) is 30.4 Å². The van der Waals surface area contributed by atoms with Gasteiger partial charge in [-0.25, -0.2) is 0 Å². The summed E-state index contributed by atoms with van der Waals surface area (Å²) >= 11 is 0. The predicted molar refractivity (Wildman–Crippen MR) is 69.2 cm³/mol. The topological polar surface area (TPSA) is 0 Å². The van der Waals surface area contributed by atoms with E-state index in [1.54, 1.807) is 5.57 Å². The van der Waals surface area contributed by atoms with Crippen molar-refractivity contribution in [2.24, 2.45) is 5.92 Å². The van der Waals surface area contributed by atoms with E-state index in [0.717, 1.165) is 6.42 Å². The number of rotatable bonds is 2. The maximum atomic E-state index is 2.36. The Morgan fingerprint density at radius 1 is 1.16 bits per heavy atom. The smallest absolute Gasteiger partial charge is 1.00 e. The summed E-state index contributed by atoms with van der Waals surface area (Å²) in [5.74, 6) is 1.19. The van der Waals surface area contributed by atoms with E-state index >= 15 is 0 Å². The molecule has 0 heterocycles. The number of allylic oxidation sites excluding steroid dienone is 5. The van der Waals surface area contributed by atoms with Crippen molar-refractivity contribution in [1.29, 1.82) is 0 Å². The van der Waals surface area contributed by atoms with Gasteiger partial charge in [0.2, 0.25) is 0 Å². The summed E-state index contributed by atoms with van der Waals surface area (Å²) in [6.45, 7) is 2.34. The summed E-state index contributed by atoms with van der Waals surface area (Å²) in [6, 6.07) is 8.73. The Bertz CT molecular complexity index is 503. The Kier molecular flexibility index (Phi) is 8.21. The van der Waals surface area contributed by atoms with E-state index in [1.165, 1.54) is 11.1 Å². The minimum atomic E-state index is 0. The van der Waals surface area contributed by atoms with Gasteiger partial charge < -0.3 is 24.8 Å². The summed E-state index contributed by atoms with van der Waals surface area (Å²) < 4.78 is 0. The van der Waals surface area contributed by atoms with Gasteiger partial charge in [-0.1, -0.05) is 67.1 Å². The van der Waals surface area contributed by atoms with Crippen LogP contribution in [0.3, 0.4) is 0 Å². The quantitative estimate of drug-likeness (QED) is 0.584. The molecular formula is C16H16Cl2Zr. The van der Waals surface area contributed by atoms with E-state index in [2.05, 4.69) is 61.6 Å². The van der Waals surface area contributed by atoms with Gasteiger partial charge in [0.05, 0.1) is 0 Å². The molecule has 2 atom stereocenters. The minimum Gasteiger partial charge on any atom is -1.00 e. The van der Waals surface area contributed by atoms with Gasteiger partial charge in [0.25, 0.3) is 0 Å². The Morgan fingerprint density at radius 3 is 2.58 bits per heavy atom. The number of hydrogen-bond donors (Lipinski definition) is 0. The molecule has 0 radical (unpaired) electrons. The molecule has 0 spiro atoms. The van der Waals surface area contributed by atoms with Gasteiger partial charge in [-0.3, -0.25) is 0 Å². The van der Waals surface area contributed by atoms with Crippen molar-refractivity contribution < 1.29 is 51.0 Å². The van der Waals surface area contributed by atoms with Crippen molar-refractivity contribution in [2.75, 3.05) is 0 Å². The van der Waals surface area contributed by atoms with E-state index in [4.69, 9.17) is 0 Å². The van der Waals surface area contributed by atoms with Crippen LogP contribution >= 0.6 is 0 Å². The molecule has 98 valence electrons. The fraction of sp³-hybridized carbons (Fsp3) is 0.250. The molecule has 0 saturated heterocycles. The van der Waals surface area contributed by atoms with Crippen LogP contribution in [0, 0.1) is 5.92 Å². The maximum Gasteiger partial charge on any atom is 2.00 e. The van der Waals surface area contributed by atoms with Gasteiger partial charge in [-0.05, 0) is 23.5 Å². The Hall–Kier alpha value is -0.0969. The molecule has 1 aromatic rings. The number of hydrogen-bond acceptors (Lipinski definition) is 0. The minimum absolute atomic E-state index is 0. The molecule has 2 unspecified atom stereocenters. The first kappa shape index (κ1) is 18.9. The van der Waals surface area contributed by atoms with Gasteiger partial charge in [0.1, 0.15) is 0 Å². The number of halogens is 2. The van der Waals surface area contributed by atoms with Gasteiger partial charge in [0.15, 0.2) is 0 Å². The van der Waals surface area contributed by atoms with Crippen molar-refractivity contribution in [3.05, 3.63) is 65.3 Å². The molecule has 0 fully saturated rings. The largest absolute Gasteiger partial charge is 2.00 e. The zero-order valence-corrected chi connectivity index (χ0v) is 14.8. The van der Waals surface area contributed by atoms with Crippen LogP contribution in [-0.2, 0) is 26.2 Å². The molecular weight excluding hydrogens is 354 g/mol.